The summed E-state index contributed by atoms with van der Waals surface area (Å²) >= 11 is 1.81. The number of rotatable bonds is 3. The van der Waals surface area contributed by atoms with Crippen LogP contribution in [0.1, 0.15) is 0 Å². The Balaban J connectivity index is 2.25. The third-order valence-corrected chi connectivity index (χ3v) is 2.78. The fraction of sp³-hybridized carbons (Fsp3) is 1.00. The third-order valence-electron chi connectivity index (χ3n) is 1.93. The van der Waals surface area contributed by atoms with Gasteiger partial charge in [0, 0.05) is 19.6 Å². The molecule has 0 radical (unpaired) electrons. The molecular formula is C8H18N2OS. The lowest BCUT2D eigenvalue weighted by Gasteiger charge is -2.32. The van der Waals surface area contributed by atoms with Crippen molar-refractivity contribution in [3.63, 3.8) is 0 Å². The molecule has 0 N–H and O–H groups in total. The molecule has 1 saturated heterocycles. The first-order valence-electron chi connectivity index (χ1n) is 4.27. The Morgan fingerprint density at radius 1 is 1.58 bits per heavy atom. The summed E-state index contributed by atoms with van der Waals surface area (Å²) in [7, 11) is 4.17. The van der Waals surface area contributed by atoms with Crippen LogP contribution in [-0.2, 0) is 4.74 Å². The van der Waals surface area contributed by atoms with E-state index in [1.54, 1.807) is 0 Å². The van der Waals surface area contributed by atoms with Gasteiger partial charge in [0.25, 0.3) is 0 Å². The zero-order valence-corrected chi connectivity index (χ0v) is 8.93. The fourth-order valence-corrected chi connectivity index (χ4v) is 1.95. The highest BCUT2D eigenvalue weighted by Gasteiger charge is 2.19. The van der Waals surface area contributed by atoms with Gasteiger partial charge in [0.1, 0.15) is 0 Å². The Morgan fingerprint density at radius 3 is 2.92 bits per heavy atom. The molecule has 0 aromatic rings. The van der Waals surface area contributed by atoms with Crippen LogP contribution in [0.3, 0.4) is 0 Å². The van der Waals surface area contributed by atoms with Crippen LogP contribution >= 0.6 is 11.9 Å². The zero-order chi connectivity index (χ0) is 8.97. The van der Waals surface area contributed by atoms with Gasteiger partial charge in [0.05, 0.1) is 12.7 Å². The van der Waals surface area contributed by atoms with Crippen LogP contribution in [0.4, 0.5) is 0 Å². The van der Waals surface area contributed by atoms with Gasteiger partial charge in [0.15, 0.2) is 0 Å². The largest absolute Gasteiger partial charge is 0.374 e. The molecule has 12 heavy (non-hydrogen) atoms. The second-order valence-corrected chi connectivity index (χ2v) is 4.21. The van der Waals surface area contributed by atoms with Crippen molar-refractivity contribution in [2.45, 2.75) is 6.10 Å². The summed E-state index contributed by atoms with van der Waals surface area (Å²) in [5.74, 6) is 0. The topological polar surface area (TPSA) is 15.7 Å². The monoisotopic (exact) mass is 190 g/mol. The summed E-state index contributed by atoms with van der Waals surface area (Å²) < 4.78 is 7.98. The molecule has 0 aromatic carbocycles. The van der Waals surface area contributed by atoms with E-state index in [1.807, 2.05) is 11.9 Å². The first kappa shape index (κ1) is 10.3. The minimum atomic E-state index is 0.390. The Kier molecular flexibility index (Phi) is 4.35. The highest BCUT2D eigenvalue weighted by molar-refractivity contribution is 7.96. The molecule has 0 amide bonds. The minimum Gasteiger partial charge on any atom is -0.374 e. The molecule has 0 aromatic heterocycles. The van der Waals surface area contributed by atoms with Crippen molar-refractivity contribution in [1.29, 1.82) is 0 Å². The van der Waals surface area contributed by atoms with Crippen molar-refractivity contribution < 1.29 is 4.74 Å². The number of ether oxygens (including phenoxy) is 1. The molecular weight excluding hydrogens is 172 g/mol. The Hall–Kier alpha value is 0.230. The van der Waals surface area contributed by atoms with Crippen molar-refractivity contribution in [3.05, 3.63) is 0 Å². The molecule has 4 heteroatoms. The van der Waals surface area contributed by atoms with Crippen LogP contribution in [0.15, 0.2) is 0 Å². The van der Waals surface area contributed by atoms with Gasteiger partial charge in [-0.1, -0.05) is 11.9 Å². The quantitative estimate of drug-likeness (QED) is 0.603. The smallest absolute Gasteiger partial charge is 0.0838 e. The van der Waals surface area contributed by atoms with Crippen molar-refractivity contribution in [1.82, 2.24) is 9.21 Å². The molecule has 0 aliphatic carbocycles. The van der Waals surface area contributed by atoms with Crippen LogP contribution in [-0.4, -0.2) is 61.9 Å². The van der Waals surface area contributed by atoms with Gasteiger partial charge >= 0.3 is 0 Å². The summed E-state index contributed by atoms with van der Waals surface area (Å²) in [6.07, 6.45) is 2.51. The van der Waals surface area contributed by atoms with E-state index in [4.69, 9.17) is 4.74 Å². The maximum absolute atomic E-state index is 5.62. The minimum absolute atomic E-state index is 0.390. The molecule has 3 nitrogen and oxygen atoms in total. The van der Waals surface area contributed by atoms with Gasteiger partial charge in [-0.15, -0.1) is 0 Å². The zero-order valence-electron chi connectivity index (χ0n) is 8.12. The lowest BCUT2D eigenvalue weighted by Crippen LogP contribution is -2.43. The predicted molar refractivity (Wildman–Crippen MR) is 53.4 cm³/mol. The normalized spacial score (nSPS) is 26.5. The molecule has 1 unspecified atom stereocenters. The molecule has 1 aliphatic rings. The van der Waals surface area contributed by atoms with E-state index >= 15 is 0 Å². The molecule has 0 spiro atoms. The van der Waals surface area contributed by atoms with Gasteiger partial charge in [-0.3, -0.25) is 0 Å². The lowest BCUT2D eigenvalue weighted by molar-refractivity contribution is -0.0103. The van der Waals surface area contributed by atoms with Crippen LogP contribution < -0.4 is 0 Å². The van der Waals surface area contributed by atoms with Crippen molar-refractivity contribution in [2.24, 2.45) is 0 Å². The van der Waals surface area contributed by atoms with Crippen LogP contribution in [0.2, 0.25) is 0 Å². The van der Waals surface area contributed by atoms with Crippen molar-refractivity contribution >= 4 is 11.9 Å². The Morgan fingerprint density at radius 2 is 2.33 bits per heavy atom. The van der Waals surface area contributed by atoms with E-state index in [0.717, 1.165) is 26.2 Å². The molecule has 1 fully saturated rings. The molecule has 1 rings (SSSR count). The van der Waals surface area contributed by atoms with Gasteiger partial charge in [-0.25, -0.2) is 4.31 Å². The number of nitrogens with zero attached hydrogens (tertiary/aromatic N) is 2. The Bertz CT molecular complexity index is 132. The van der Waals surface area contributed by atoms with E-state index < -0.39 is 0 Å². The lowest BCUT2D eigenvalue weighted by atomic mass is 10.3. The predicted octanol–water partition coefficient (Wildman–Crippen LogP) is 0.527. The number of likely N-dealkylation sites (N-methyl/N-ethyl adjacent to an activating group) is 1. The molecule has 1 heterocycles. The summed E-state index contributed by atoms with van der Waals surface area (Å²) in [6.45, 7) is 4.01. The van der Waals surface area contributed by atoms with Crippen LogP contribution in [0, 0.1) is 0 Å². The molecule has 72 valence electrons. The highest BCUT2D eigenvalue weighted by atomic mass is 32.2. The maximum Gasteiger partial charge on any atom is 0.0838 e. The highest BCUT2D eigenvalue weighted by Crippen LogP contribution is 2.12. The van der Waals surface area contributed by atoms with E-state index in [9.17, 15) is 0 Å². The van der Waals surface area contributed by atoms with Gasteiger partial charge < -0.3 is 9.64 Å². The van der Waals surface area contributed by atoms with Crippen LogP contribution in [0.25, 0.3) is 0 Å². The van der Waals surface area contributed by atoms with E-state index in [2.05, 4.69) is 29.6 Å². The van der Waals surface area contributed by atoms with Gasteiger partial charge in [-0.2, -0.15) is 0 Å². The van der Waals surface area contributed by atoms with Gasteiger partial charge in [0.2, 0.25) is 0 Å². The molecule has 0 bridgehead atoms. The van der Waals surface area contributed by atoms with E-state index in [0.29, 0.717) is 6.10 Å². The molecule has 1 atom stereocenters. The number of hydrogen-bond acceptors (Lipinski definition) is 4. The fourth-order valence-electron chi connectivity index (χ4n) is 1.38. The Labute approximate surface area is 79.2 Å². The standard InChI is InChI=1S/C8H18N2OS/c1-9(2)6-8-7-10(12-3)4-5-11-8/h8H,4-7H2,1-3H3. The SMILES string of the molecule is CSN1CCOC(CN(C)C)C1. The first-order valence-corrected chi connectivity index (χ1v) is 5.46. The van der Waals surface area contributed by atoms with Crippen LogP contribution in [0.5, 0.6) is 0 Å². The summed E-state index contributed by atoms with van der Waals surface area (Å²) in [6, 6.07) is 0. The second-order valence-electron chi connectivity index (χ2n) is 3.33. The third kappa shape index (κ3) is 3.31. The molecule has 0 saturated carbocycles. The van der Waals surface area contributed by atoms with Gasteiger partial charge in [-0.05, 0) is 20.4 Å². The maximum atomic E-state index is 5.62. The number of hydrogen-bond donors (Lipinski definition) is 0. The molecule has 1 aliphatic heterocycles. The van der Waals surface area contributed by atoms with E-state index in [-0.39, 0.29) is 0 Å². The summed E-state index contributed by atoms with van der Waals surface area (Å²) in [4.78, 5) is 2.18. The van der Waals surface area contributed by atoms with Crippen molar-refractivity contribution in [2.75, 3.05) is 46.6 Å². The number of morpholine rings is 1. The summed E-state index contributed by atoms with van der Waals surface area (Å²) in [5, 5.41) is 0. The summed E-state index contributed by atoms with van der Waals surface area (Å²) in [5.41, 5.74) is 0. The first-order chi connectivity index (χ1) is 5.72. The van der Waals surface area contributed by atoms with Crippen molar-refractivity contribution in [3.8, 4) is 0 Å². The van der Waals surface area contributed by atoms with E-state index in [1.165, 1.54) is 0 Å². The average Bonchev–Trinajstić information content (AvgIpc) is 2.03. The second kappa shape index (κ2) is 5.07. The average molecular weight is 190 g/mol.